The Morgan fingerprint density at radius 3 is 2.52 bits per heavy atom. The molecular weight excluding hydrogens is 618 g/mol. The maximum absolute atomic E-state index is 13.3. The van der Waals surface area contributed by atoms with Gasteiger partial charge < -0.3 is 39.2 Å². The Labute approximate surface area is 270 Å². The third kappa shape index (κ3) is 4.44. The van der Waals surface area contributed by atoms with Crippen LogP contribution in [0.5, 0.6) is 28.7 Å². The highest BCUT2D eigenvalue weighted by Gasteiger charge is 2.60. The minimum absolute atomic E-state index is 0.0342. The van der Waals surface area contributed by atoms with Crippen molar-refractivity contribution < 1.29 is 48.3 Å². The molecule has 4 bridgehead atoms. The van der Waals surface area contributed by atoms with E-state index in [-0.39, 0.29) is 36.9 Å². The number of fused-ring (bicyclic) bond motifs is 9. The number of aliphatic hydroxyl groups is 1. The highest BCUT2D eigenvalue weighted by molar-refractivity contribution is 7.99. The summed E-state index contributed by atoms with van der Waals surface area (Å²) < 4.78 is 29.4. The predicted octanol–water partition coefficient (Wildman–Crippen LogP) is 2.16. The van der Waals surface area contributed by atoms with Gasteiger partial charge in [0.25, 0.3) is 0 Å². The number of rotatable bonds is 3. The second-order valence-corrected chi connectivity index (χ2v) is 13.6. The third-order valence-corrected chi connectivity index (χ3v) is 11.3. The number of carbonyl (C=O) groups is 3. The number of methoxy groups -OCH3 is 1. The molecule has 5 aliphatic heterocycles. The molecule has 2 fully saturated rings. The zero-order valence-corrected chi connectivity index (χ0v) is 27.2. The molecular formula is C32H37N3O10S. The molecule has 0 aliphatic carbocycles. The number of cyclic esters (lactones) is 1. The Morgan fingerprint density at radius 1 is 1.09 bits per heavy atom. The third-order valence-electron chi connectivity index (χ3n) is 9.87. The fourth-order valence-electron chi connectivity index (χ4n) is 8.12. The summed E-state index contributed by atoms with van der Waals surface area (Å²) in [6.45, 7) is 6.10. The number of hydrogen-bond acceptors (Lipinski definition) is 13. The van der Waals surface area contributed by atoms with Crippen LogP contribution >= 0.6 is 11.8 Å². The fraction of sp³-hybridized carbons (Fsp3) is 0.531. The lowest BCUT2D eigenvalue weighted by Crippen LogP contribution is -2.69. The molecule has 7 atom stereocenters. The lowest BCUT2D eigenvalue weighted by Gasteiger charge is -2.62. The Balaban J connectivity index is 1.52. The number of benzene rings is 2. The molecule has 1 amide bonds. The molecule has 2 aromatic rings. The van der Waals surface area contributed by atoms with Crippen molar-refractivity contribution in [1.29, 1.82) is 0 Å². The average Bonchev–Trinajstić information content (AvgIpc) is 3.48. The SMILES string of the molecule is COc1c(C)cc2c(c1O)[C@@H]1[C@@H]3[C@@H]4SCC(NC(C)=O)C(=O)OC[C@@H](c5c6c(c(C)c(OC(C)=O)c54)OCO6)N3[C@@H](O)[C@H](C2)N1C. The number of esters is 2. The lowest BCUT2D eigenvalue weighted by molar-refractivity contribution is -0.184. The van der Waals surface area contributed by atoms with Crippen molar-refractivity contribution in [2.24, 2.45) is 0 Å². The normalized spacial score (nSPS) is 29.6. The molecule has 7 rings (SSSR count). The molecule has 0 radical (unpaired) electrons. The van der Waals surface area contributed by atoms with Gasteiger partial charge in [-0.1, -0.05) is 6.07 Å². The molecule has 5 heterocycles. The Hall–Kier alpha value is -3.72. The smallest absolute Gasteiger partial charge is 0.329 e. The number of aryl methyl sites for hydroxylation is 1. The summed E-state index contributed by atoms with van der Waals surface area (Å²) >= 11 is 1.38. The van der Waals surface area contributed by atoms with Gasteiger partial charge in [-0.3, -0.25) is 19.4 Å². The second kappa shape index (κ2) is 11.2. The number of phenols is 1. The van der Waals surface area contributed by atoms with E-state index < -0.39 is 47.6 Å². The molecule has 2 saturated heterocycles. The van der Waals surface area contributed by atoms with Crippen molar-refractivity contribution >= 4 is 29.6 Å². The maximum atomic E-state index is 13.3. The number of phenolic OH excluding ortho intramolecular Hbond substituents is 1. The number of aliphatic hydroxyl groups excluding tert-OH is 1. The molecule has 2 aromatic carbocycles. The van der Waals surface area contributed by atoms with Crippen molar-refractivity contribution in [2.45, 2.75) is 75.8 Å². The molecule has 1 unspecified atom stereocenters. The monoisotopic (exact) mass is 655 g/mol. The van der Waals surface area contributed by atoms with E-state index in [1.807, 2.05) is 24.9 Å². The number of ether oxygens (including phenoxy) is 5. The summed E-state index contributed by atoms with van der Waals surface area (Å²) in [5.41, 5.74) is 4.24. The van der Waals surface area contributed by atoms with Gasteiger partial charge in [-0.15, -0.1) is 11.8 Å². The van der Waals surface area contributed by atoms with Crippen molar-refractivity contribution in [3.05, 3.63) is 39.4 Å². The summed E-state index contributed by atoms with van der Waals surface area (Å²) in [7, 11) is 3.45. The quantitative estimate of drug-likeness (QED) is 0.327. The van der Waals surface area contributed by atoms with Crippen molar-refractivity contribution in [3.8, 4) is 28.7 Å². The summed E-state index contributed by atoms with van der Waals surface area (Å²) in [5.74, 6) is 0.223. The zero-order chi connectivity index (χ0) is 32.8. The molecule has 5 aliphatic rings. The van der Waals surface area contributed by atoms with E-state index in [2.05, 4.69) is 10.2 Å². The van der Waals surface area contributed by atoms with Gasteiger partial charge in [0.05, 0.1) is 30.5 Å². The Bertz CT molecular complexity index is 1670. The predicted molar refractivity (Wildman–Crippen MR) is 164 cm³/mol. The van der Waals surface area contributed by atoms with E-state index >= 15 is 0 Å². The van der Waals surface area contributed by atoms with Gasteiger partial charge in [-0.05, 0) is 38.4 Å². The summed E-state index contributed by atoms with van der Waals surface area (Å²) in [6.07, 6.45) is -0.567. The lowest BCUT2D eigenvalue weighted by atomic mass is 9.73. The zero-order valence-electron chi connectivity index (χ0n) is 26.4. The van der Waals surface area contributed by atoms with E-state index in [0.29, 0.717) is 51.7 Å². The van der Waals surface area contributed by atoms with Gasteiger partial charge in [0.2, 0.25) is 12.7 Å². The number of nitrogens with one attached hydrogen (secondary N) is 1. The largest absolute Gasteiger partial charge is 0.504 e. The first-order valence-corrected chi connectivity index (χ1v) is 16.3. The molecule has 0 saturated carbocycles. The van der Waals surface area contributed by atoms with Crippen LogP contribution in [0.4, 0.5) is 0 Å². The number of aromatic hydroxyl groups is 1. The number of piperazine rings is 1. The Kier molecular flexibility index (Phi) is 7.54. The van der Waals surface area contributed by atoms with E-state index in [4.69, 9.17) is 23.7 Å². The van der Waals surface area contributed by atoms with Crippen LogP contribution in [0, 0.1) is 13.8 Å². The molecule has 14 heteroatoms. The van der Waals surface area contributed by atoms with Crippen LogP contribution in [0.25, 0.3) is 0 Å². The van der Waals surface area contributed by atoms with Gasteiger partial charge in [0, 0.05) is 47.9 Å². The van der Waals surface area contributed by atoms with Crippen LogP contribution < -0.4 is 24.3 Å². The number of hydrogen-bond donors (Lipinski definition) is 3. The number of likely N-dealkylation sites (N-methyl/N-ethyl adjacent to an activating group) is 1. The number of amides is 1. The van der Waals surface area contributed by atoms with Crippen molar-refractivity contribution in [2.75, 3.05) is 33.3 Å². The number of nitrogens with zero attached hydrogens (tertiary/aromatic N) is 2. The van der Waals surface area contributed by atoms with Crippen LogP contribution in [-0.4, -0.2) is 95.5 Å². The van der Waals surface area contributed by atoms with Gasteiger partial charge >= 0.3 is 11.9 Å². The molecule has 0 aromatic heterocycles. The minimum atomic E-state index is -1.02. The van der Waals surface area contributed by atoms with Gasteiger partial charge in [0.15, 0.2) is 23.0 Å². The first kappa shape index (κ1) is 30.9. The van der Waals surface area contributed by atoms with Gasteiger partial charge in [-0.25, -0.2) is 4.79 Å². The number of carbonyl (C=O) groups excluding carboxylic acids is 3. The van der Waals surface area contributed by atoms with Crippen LogP contribution in [0.3, 0.4) is 0 Å². The molecule has 13 nitrogen and oxygen atoms in total. The minimum Gasteiger partial charge on any atom is -0.504 e. The Morgan fingerprint density at radius 2 is 1.83 bits per heavy atom. The van der Waals surface area contributed by atoms with Crippen molar-refractivity contribution in [1.82, 2.24) is 15.1 Å². The van der Waals surface area contributed by atoms with Gasteiger partial charge in [-0.2, -0.15) is 0 Å². The van der Waals surface area contributed by atoms with E-state index in [0.717, 1.165) is 11.1 Å². The highest BCUT2D eigenvalue weighted by Crippen LogP contribution is 2.63. The average molecular weight is 656 g/mol. The molecule has 3 N–H and O–H groups in total. The van der Waals surface area contributed by atoms with E-state index in [1.165, 1.54) is 32.7 Å². The highest BCUT2D eigenvalue weighted by atomic mass is 32.2. The van der Waals surface area contributed by atoms with E-state index in [9.17, 15) is 24.6 Å². The topological polar surface area (TPSA) is 156 Å². The van der Waals surface area contributed by atoms with Crippen LogP contribution in [-0.2, 0) is 25.5 Å². The second-order valence-electron chi connectivity index (χ2n) is 12.5. The van der Waals surface area contributed by atoms with E-state index in [1.54, 1.807) is 6.92 Å². The van der Waals surface area contributed by atoms with Crippen molar-refractivity contribution in [3.63, 3.8) is 0 Å². The molecule has 246 valence electrons. The number of thioether (sulfide) groups is 1. The molecule has 0 spiro atoms. The standard InChI is InChI=1S/C32H37N3O10S/c1-12-7-16-8-18-31(39)35-19-9-42-32(40)17(33-14(3)36)10-46-30(24(35)23(34(18)5)20(16)25(38)26(12)41-6)22-21(19)29-28(43-11-44-29)13(2)27(22)45-15(4)37/h7,17-19,23-24,30-31,38-39H,8-11H2,1-6H3,(H,33,36)/t17?,18-,19-,23+,24+,30+,31-/m0/s1. The van der Waals surface area contributed by atoms with Crippen LogP contribution in [0.1, 0.15) is 64.6 Å². The van der Waals surface area contributed by atoms with Gasteiger partial charge in [0.1, 0.15) is 24.6 Å². The van der Waals surface area contributed by atoms with Crippen LogP contribution in [0.15, 0.2) is 6.07 Å². The maximum Gasteiger partial charge on any atom is 0.329 e. The first-order chi connectivity index (χ1) is 21.9. The first-order valence-electron chi connectivity index (χ1n) is 15.2. The summed E-state index contributed by atoms with van der Waals surface area (Å²) in [4.78, 5) is 42.1. The van der Waals surface area contributed by atoms with Crippen LogP contribution in [0.2, 0.25) is 0 Å². The molecule has 46 heavy (non-hydrogen) atoms. The fourth-order valence-corrected chi connectivity index (χ4v) is 9.63. The summed E-state index contributed by atoms with van der Waals surface area (Å²) in [5, 5.41) is 26.2. The summed E-state index contributed by atoms with van der Waals surface area (Å²) in [6, 6.07) is -1.08.